The summed E-state index contributed by atoms with van der Waals surface area (Å²) in [6.45, 7) is 4.87. The minimum absolute atomic E-state index is 0.0155. The van der Waals surface area contributed by atoms with Crippen molar-refractivity contribution in [1.29, 1.82) is 0 Å². The number of hydrogen-bond acceptors (Lipinski definition) is 3. The van der Waals surface area contributed by atoms with E-state index in [9.17, 15) is 9.59 Å². The van der Waals surface area contributed by atoms with Crippen LogP contribution in [0.4, 0.5) is 5.69 Å². The molecule has 0 saturated heterocycles. The molecular weight excluding hydrogens is 422 g/mol. The summed E-state index contributed by atoms with van der Waals surface area (Å²) in [7, 11) is 0. The Balaban J connectivity index is 1.36. The van der Waals surface area contributed by atoms with Crippen molar-refractivity contribution in [3.8, 4) is 0 Å². The fourth-order valence-corrected chi connectivity index (χ4v) is 4.20. The van der Waals surface area contributed by atoms with Crippen LogP contribution in [0.5, 0.6) is 0 Å². The Morgan fingerprint density at radius 1 is 0.882 bits per heavy atom. The third-order valence-corrected chi connectivity index (χ3v) is 6.27. The largest absolute Gasteiger partial charge is 0.345 e. The summed E-state index contributed by atoms with van der Waals surface area (Å²) in [6, 6.07) is 26.3. The van der Waals surface area contributed by atoms with Crippen molar-refractivity contribution in [1.82, 2.24) is 10.2 Å². The van der Waals surface area contributed by atoms with Gasteiger partial charge in [-0.05, 0) is 55.0 Å². The van der Waals surface area contributed by atoms with Gasteiger partial charge in [-0.2, -0.15) is 0 Å². The number of amides is 2. The molecule has 0 heterocycles. The van der Waals surface area contributed by atoms with Crippen LogP contribution in [-0.4, -0.2) is 35.8 Å². The summed E-state index contributed by atoms with van der Waals surface area (Å²) in [5, 5.41) is 6.25. The van der Waals surface area contributed by atoms with Gasteiger partial charge in [0, 0.05) is 24.7 Å². The molecule has 1 fully saturated rings. The van der Waals surface area contributed by atoms with E-state index in [0.29, 0.717) is 25.6 Å². The summed E-state index contributed by atoms with van der Waals surface area (Å²) >= 11 is 0. The quantitative estimate of drug-likeness (QED) is 0.452. The summed E-state index contributed by atoms with van der Waals surface area (Å²) in [4.78, 5) is 27.9. The summed E-state index contributed by atoms with van der Waals surface area (Å²) in [6.07, 6.45) is 2.51. The number of anilines is 1. The van der Waals surface area contributed by atoms with Crippen LogP contribution < -0.4 is 10.6 Å². The van der Waals surface area contributed by atoms with Crippen LogP contribution >= 0.6 is 0 Å². The van der Waals surface area contributed by atoms with Gasteiger partial charge in [-0.25, -0.2) is 0 Å². The van der Waals surface area contributed by atoms with Gasteiger partial charge in [-0.1, -0.05) is 72.8 Å². The van der Waals surface area contributed by atoms with Crippen molar-refractivity contribution in [2.75, 3.05) is 18.4 Å². The first-order valence-corrected chi connectivity index (χ1v) is 12.0. The number of benzene rings is 3. The van der Waals surface area contributed by atoms with E-state index >= 15 is 0 Å². The van der Waals surface area contributed by atoms with E-state index in [-0.39, 0.29) is 17.9 Å². The van der Waals surface area contributed by atoms with Crippen LogP contribution in [0.1, 0.15) is 47.6 Å². The number of rotatable bonds is 10. The molecule has 5 nitrogen and oxygen atoms in total. The van der Waals surface area contributed by atoms with Gasteiger partial charge in [0.25, 0.3) is 0 Å². The highest BCUT2D eigenvalue weighted by Gasteiger charge is 2.30. The highest BCUT2D eigenvalue weighted by Crippen LogP contribution is 2.27. The molecule has 3 aromatic rings. The summed E-state index contributed by atoms with van der Waals surface area (Å²) < 4.78 is 0. The highest BCUT2D eigenvalue weighted by molar-refractivity contribution is 5.93. The molecule has 176 valence electrons. The second-order valence-electron chi connectivity index (χ2n) is 9.14. The topological polar surface area (TPSA) is 61.4 Å². The standard InChI is InChI=1S/C29H33N3O2/c1-21-13-14-22(2)26(19-21)30-28(34)20-32(25-15-16-25)18-17-27(33)31-29(23-9-5-3-6-10-23)24-11-7-4-8-12-24/h3-14,19,25,29H,15-18,20H2,1-2H3,(H,30,34)(H,31,33). The molecule has 1 aliphatic rings. The van der Waals surface area contributed by atoms with Crippen LogP contribution in [0.25, 0.3) is 0 Å². The molecule has 4 rings (SSSR count). The highest BCUT2D eigenvalue weighted by atomic mass is 16.2. The zero-order valence-corrected chi connectivity index (χ0v) is 20.0. The fraction of sp³-hybridized carbons (Fsp3) is 0.310. The molecule has 1 aliphatic carbocycles. The Hall–Kier alpha value is -3.44. The van der Waals surface area contributed by atoms with E-state index in [1.165, 1.54) is 0 Å². The number of nitrogens with one attached hydrogen (secondary N) is 2. The van der Waals surface area contributed by atoms with Gasteiger partial charge in [0.2, 0.25) is 11.8 Å². The molecule has 0 spiro atoms. The average Bonchev–Trinajstić information content (AvgIpc) is 3.69. The first-order chi connectivity index (χ1) is 16.5. The van der Waals surface area contributed by atoms with Gasteiger partial charge in [0.05, 0.1) is 12.6 Å². The monoisotopic (exact) mass is 455 g/mol. The maximum Gasteiger partial charge on any atom is 0.238 e. The number of carbonyl (C=O) groups is 2. The number of hydrogen-bond donors (Lipinski definition) is 2. The second kappa shape index (κ2) is 11.1. The second-order valence-corrected chi connectivity index (χ2v) is 9.14. The van der Waals surface area contributed by atoms with Crippen molar-refractivity contribution < 1.29 is 9.59 Å². The van der Waals surface area contributed by atoms with Gasteiger partial charge in [-0.15, -0.1) is 0 Å². The van der Waals surface area contributed by atoms with Crippen molar-refractivity contribution in [2.24, 2.45) is 0 Å². The Bertz CT molecular complexity index is 1070. The Kier molecular flexibility index (Phi) is 7.76. The first kappa shape index (κ1) is 23.7. The minimum Gasteiger partial charge on any atom is -0.345 e. The van der Waals surface area contributed by atoms with Gasteiger partial charge < -0.3 is 10.6 Å². The van der Waals surface area contributed by atoms with Crippen molar-refractivity contribution in [2.45, 2.75) is 45.2 Å². The van der Waals surface area contributed by atoms with Crippen LogP contribution in [-0.2, 0) is 9.59 Å². The van der Waals surface area contributed by atoms with Crippen LogP contribution in [0.2, 0.25) is 0 Å². The molecule has 5 heteroatoms. The lowest BCUT2D eigenvalue weighted by atomic mass is 9.98. The molecule has 0 bridgehead atoms. The molecule has 0 aromatic heterocycles. The van der Waals surface area contributed by atoms with Gasteiger partial charge in [0.15, 0.2) is 0 Å². The van der Waals surface area contributed by atoms with Gasteiger partial charge in [0.1, 0.15) is 0 Å². The van der Waals surface area contributed by atoms with Crippen molar-refractivity contribution >= 4 is 17.5 Å². The van der Waals surface area contributed by atoms with Gasteiger partial charge >= 0.3 is 0 Å². The zero-order valence-electron chi connectivity index (χ0n) is 20.0. The number of nitrogens with zero attached hydrogens (tertiary/aromatic N) is 1. The molecule has 0 unspecified atom stereocenters. The van der Waals surface area contributed by atoms with Crippen LogP contribution in [0, 0.1) is 13.8 Å². The smallest absolute Gasteiger partial charge is 0.238 e. The Labute approximate surface area is 202 Å². The predicted octanol–water partition coefficient (Wildman–Crippen LogP) is 5.00. The molecule has 0 atom stereocenters. The number of carbonyl (C=O) groups excluding carboxylic acids is 2. The van der Waals surface area contributed by atoms with Crippen LogP contribution in [0.15, 0.2) is 78.9 Å². The lowest BCUT2D eigenvalue weighted by molar-refractivity contribution is -0.123. The van der Waals surface area contributed by atoms with E-state index in [4.69, 9.17) is 0 Å². The molecule has 1 saturated carbocycles. The zero-order chi connectivity index (χ0) is 23.9. The van der Waals surface area contributed by atoms with Crippen molar-refractivity contribution in [3.05, 3.63) is 101 Å². The number of aryl methyl sites for hydroxylation is 2. The lowest BCUT2D eigenvalue weighted by Crippen LogP contribution is -2.38. The molecule has 0 radical (unpaired) electrons. The molecule has 2 N–H and O–H groups in total. The Morgan fingerprint density at radius 3 is 2.09 bits per heavy atom. The van der Waals surface area contributed by atoms with Gasteiger partial charge in [-0.3, -0.25) is 14.5 Å². The van der Waals surface area contributed by atoms with E-state index in [2.05, 4.69) is 15.5 Å². The van der Waals surface area contributed by atoms with Crippen LogP contribution in [0.3, 0.4) is 0 Å². The maximum atomic E-state index is 13.0. The fourth-order valence-electron chi connectivity index (χ4n) is 4.20. The molecule has 2 amide bonds. The molecule has 34 heavy (non-hydrogen) atoms. The predicted molar refractivity (Wildman–Crippen MR) is 137 cm³/mol. The summed E-state index contributed by atoms with van der Waals surface area (Å²) in [5.74, 6) is -0.0502. The van der Waals surface area contributed by atoms with E-state index in [0.717, 1.165) is 40.8 Å². The van der Waals surface area contributed by atoms with Crippen molar-refractivity contribution in [3.63, 3.8) is 0 Å². The minimum atomic E-state index is -0.197. The Morgan fingerprint density at radius 2 is 1.50 bits per heavy atom. The third-order valence-electron chi connectivity index (χ3n) is 6.27. The molecular formula is C29H33N3O2. The normalized spacial score (nSPS) is 13.2. The van der Waals surface area contributed by atoms with E-state index < -0.39 is 0 Å². The average molecular weight is 456 g/mol. The maximum absolute atomic E-state index is 13.0. The van der Waals surface area contributed by atoms with E-state index in [1.54, 1.807) is 0 Å². The summed E-state index contributed by atoms with van der Waals surface area (Å²) in [5.41, 5.74) is 5.11. The molecule has 3 aromatic carbocycles. The lowest BCUT2D eigenvalue weighted by Gasteiger charge is -2.23. The molecule has 0 aliphatic heterocycles. The SMILES string of the molecule is Cc1ccc(C)c(NC(=O)CN(CCC(=O)NC(c2ccccc2)c2ccccc2)C2CC2)c1. The van der Waals surface area contributed by atoms with E-state index in [1.807, 2.05) is 92.7 Å². The first-order valence-electron chi connectivity index (χ1n) is 12.0. The third kappa shape index (κ3) is 6.55.